The standard InChI is InChI=1S/C11H10N4/c1-8-6-12-15(7-8)11-13-9-4-2-3-5-10(9)14-11/h2-7H,1H3,(H,13,14). The van der Waals surface area contributed by atoms with Gasteiger partial charge in [-0.15, -0.1) is 0 Å². The molecule has 4 nitrogen and oxygen atoms in total. The van der Waals surface area contributed by atoms with E-state index in [0.29, 0.717) is 0 Å². The molecule has 0 bridgehead atoms. The van der Waals surface area contributed by atoms with E-state index in [0.717, 1.165) is 22.5 Å². The van der Waals surface area contributed by atoms with E-state index >= 15 is 0 Å². The van der Waals surface area contributed by atoms with Gasteiger partial charge < -0.3 is 4.98 Å². The lowest BCUT2D eigenvalue weighted by Crippen LogP contribution is -1.95. The average molecular weight is 198 g/mol. The van der Waals surface area contributed by atoms with Crippen LogP contribution in [0.25, 0.3) is 17.0 Å². The summed E-state index contributed by atoms with van der Waals surface area (Å²) in [6.07, 6.45) is 3.75. The van der Waals surface area contributed by atoms with Gasteiger partial charge in [-0.2, -0.15) is 5.10 Å². The summed E-state index contributed by atoms with van der Waals surface area (Å²) in [6, 6.07) is 7.94. The maximum absolute atomic E-state index is 4.44. The highest BCUT2D eigenvalue weighted by Gasteiger charge is 2.04. The van der Waals surface area contributed by atoms with Crippen LogP contribution in [0, 0.1) is 6.92 Å². The first-order chi connectivity index (χ1) is 7.33. The van der Waals surface area contributed by atoms with Crippen LogP contribution in [0.1, 0.15) is 5.56 Å². The summed E-state index contributed by atoms with van der Waals surface area (Å²) < 4.78 is 1.75. The minimum Gasteiger partial charge on any atom is -0.322 e. The highest BCUT2D eigenvalue weighted by atomic mass is 15.3. The molecule has 0 unspecified atom stereocenters. The number of benzene rings is 1. The topological polar surface area (TPSA) is 46.5 Å². The number of nitrogens with one attached hydrogen (secondary N) is 1. The number of para-hydroxylation sites is 2. The van der Waals surface area contributed by atoms with E-state index in [-0.39, 0.29) is 0 Å². The van der Waals surface area contributed by atoms with Crippen molar-refractivity contribution in [2.24, 2.45) is 0 Å². The maximum Gasteiger partial charge on any atom is 0.229 e. The zero-order valence-corrected chi connectivity index (χ0v) is 8.31. The molecule has 3 rings (SSSR count). The Morgan fingerprint density at radius 2 is 2.13 bits per heavy atom. The molecule has 15 heavy (non-hydrogen) atoms. The van der Waals surface area contributed by atoms with Gasteiger partial charge in [0, 0.05) is 6.20 Å². The molecule has 0 spiro atoms. The largest absolute Gasteiger partial charge is 0.322 e. The average Bonchev–Trinajstić information content (AvgIpc) is 2.82. The van der Waals surface area contributed by atoms with Crippen LogP contribution in [0.2, 0.25) is 0 Å². The van der Waals surface area contributed by atoms with Crippen molar-refractivity contribution in [2.75, 3.05) is 0 Å². The van der Waals surface area contributed by atoms with E-state index in [2.05, 4.69) is 15.1 Å². The van der Waals surface area contributed by atoms with Gasteiger partial charge in [-0.1, -0.05) is 12.1 Å². The molecule has 0 aliphatic rings. The quantitative estimate of drug-likeness (QED) is 0.650. The monoisotopic (exact) mass is 198 g/mol. The highest BCUT2D eigenvalue weighted by Crippen LogP contribution is 2.12. The van der Waals surface area contributed by atoms with Gasteiger partial charge in [0.05, 0.1) is 17.2 Å². The first-order valence-corrected chi connectivity index (χ1v) is 4.79. The number of aromatic nitrogens is 4. The molecule has 74 valence electrons. The van der Waals surface area contributed by atoms with Crippen molar-refractivity contribution >= 4 is 11.0 Å². The van der Waals surface area contributed by atoms with Crippen LogP contribution in [0.15, 0.2) is 36.7 Å². The summed E-state index contributed by atoms with van der Waals surface area (Å²) in [5.74, 6) is 0.754. The van der Waals surface area contributed by atoms with Crippen LogP contribution in [-0.2, 0) is 0 Å². The second-order valence-corrected chi connectivity index (χ2v) is 3.54. The molecule has 0 fully saturated rings. The van der Waals surface area contributed by atoms with Gasteiger partial charge in [0.1, 0.15) is 0 Å². The van der Waals surface area contributed by atoms with Crippen LogP contribution in [0.3, 0.4) is 0 Å². The number of fused-ring (bicyclic) bond motifs is 1. The molecular formula is C11H10N4. The predicted molar refractivity (Wildman–Crippen MR) is 58.0 cm³/mol. The smallest absolute Gasteiger partial charge is 0.229 e. The van der Waals surface area contributed by atoms with Crippen molar-refractivity contribution < 1.29 is 0 Å². The molecule has 0 saturated heterocycles. The second-order valence-electron chi connectivity index (χ2n) is 3.54. The molecule has 3 aromatic rings. The lowest BCUT2D eigenvalue weighted by molar-refractivity contribution is 0.828. The van der Waals surface area contributed by atoms with E-state index < -0.39 is 0 Å². The molecule has 0 atom stereocenters. The molecule has 1 aromatic carbocycles. The summed E-state index contributed by atoms with van der Waals surface area (Å²) in [6.45, 7) is 2.01. The Morgan fingerprint density at radius 1 is 1.27 bits per heavy atom. The number of hydrogen-bond donors (Lipinski definition) is 1. The molecule has 0 saturated carbocycles. The van der Waals surface area contributed by atoms with Crippen molar-refractivity contribution in [2.45, 2.75) is 6.92 Å². The normalized spacial score (nSPS) is 11.0. The number of aryl methyl sites for hydroxylation is 1. The summed E-state index contributed by atoms with van der Waals surface area (Å²) in [4.78, 5) is 7.66. The van der Waals surface area contributed by atoms with Gasteiger partial charge in [-0.3, -0.25) is 0 Å². The Morgan fingerprint density at radius 3 is 2.87 bits per heavy atom. The fourth-order valence-corrected chi connectivity index (χ4v) is 1.58. The van der Waals surface area contributed by atoms with Gasteiger partial charge in [-0.05, 0) is 24.6 Å². The van der Waals surface area contributed by atoms with Crippen LogP contribution in [0.5, 0.6) is 0 Å². The third-order valence-corrected chi connectivity index (χ3v) is 2.31. The van der Waals surface area contributed by atoms with Gasteiger partial charge in [-0.25, -0.2) is 9.67 Å². The first kappa shape index (κ1) is 8.23. The van der Waals surface area contributed by atoms with E-state index in [4.69, 9.17) is 0 Å². The van der Waals surface area contributed by atoms with Crippen LogP contribution in [-0.4, -0.2) is 19.7 Å². The number of rotatable bonds is 1. The van der Waals surface area contributed by atoms with Crippen molar-refractivity contribution in [3.63, 3.8) is 0 Å². The summed E-state index contributed by atoms with van der Waals surface area (Å²) >= 11 is 0. The van der Waals surface area contributed by atoms with E-state index in [1.807, 2.05) is 43.6 Å². The van der Waals surface area contributed by atoms with Crippen molar-refractivity contribution in [1.29, 1.82) is 0 Å². The SMILES string of the molecule is Cc1cnn(-c2nc3ccccc3[nH]2)c1. The van der Waals surface area contributed by atoms with E-state index in [1.165, 1.54) is 0 Å². The Balaban J connectivity index is 2.19. The predicted octanol–water partition coefficient (Wildman–Crippen LogP) is 2.06. The fraction of sp³-hybridized carbons (Fsp3) is 0.0909. The fourth-order valence-electron chi connectivity index (χ4n) is 1.58. The van der Waals surface area contributed by atoms with Gasteiger partial charge in [0.15, 0.2) is 0 Å². The Hall–Kier alpha value is -2.10. The molecule has 0 radical (unpaired) electrons. The lowest BCUT2D eigenvalue weighted by Gasteiger charge is -1.91. The molecule has 2 aromatic heterocycles. The van der Waals surface area contributed by atoms with Crippen molar-refractivity contribution in [3.8, 4) is 5.95 Å². The molecule has 0 aliphatic carbocycles. The Kier molecular flexibility index (Phi) is 1.62. The van der Waals surface area contributed by atoms with E-state index in [1.54, 1.807) is 4.68 Å². The minimum atomic E-state index is 0.754. The van der Waals surface area contributed by atoms with Gasteiger partial charge in [0.2, 0.25) is 5.95 Å². The molecule has 0 amide bonds. The zero-order chi connectivity index (χ0) is 10.3. The molecule has 1 N–H and O–H groups in total. The third-order valence-electron chi connectivity index (χ3n) is 2.31. The third kappa shape index (κ3) is 1.30. The summed E-state index contributed by atoms with van der Waals surface area (Å²) in [5, 5.41) is 4.20. The van der Waals surface area contributed by atoms with Crippen LogP contribution < -0.4 is 0 Å². The number of nitrogens with zero attached hydrogens (tertiary/aromatic N) is 3. The van der Waals surface area contributed by atoms with Crippen LogP contribution in [0.4, 0.5) is 0 Å². The lowest BCUT2D eigenvalue weighted by atomic mass is 10.3. The van der Waals surface area contributed by atoms with Crippen molar-refractivity contribution in [3.05, 3.63) is 42.2 Å². The number of aromatic amines is 1. The molecule has 2 heterocycles. The summed E-state index contributed by atoms with van der Waals surface area (Å²) in [7, 11) is 0. The van der Waals surface area contributed by atoms with Crippen molar-refractivity contribution in [1.82, 2.24) is 19.7 Å². The molecular weight excluding hydrogens is 188 g/mol. The van der Waals surface area contributed by atoms with Crippen LogP contribution >= 0.6 is 0 Å². The van der Waals surface area contributed by atoms with Gasteiger partial charge in [0.25, 0.3) is 0 Å². The molecule has 0 aliphatic heterocycles. The Bertz CT molecular complexity index is 573. The number of H-pyrrole nitrogens is 1. The molecule has 4 heteroatoms. The Labute approximate surface area is 86.6 Å². The van der Waals surface area contributed by atoms with Gasteiger partial charge >= 0.3 is 0 Å². The highest BCUT2D eigenvalue weighted by molar-refractivity contribution is 5.75. The first-order valence-electron chi connectivity index (χ1n) is 4.79. The zero-order valence-electron chi connectivity index (χ0n) is 8.31. The van der Waals surface area contributed by atoms with E-state index in [9.17, 15) is 0 Å². The number of hydrogen-bond acceptors (Lipinski definition) is 2. The second kappa shape index (κ2) is 2.95. The maximum atomic E-state index is 4.44. The minimum absolute atomic E-state index is 0.754. The number of imidazole rings is 1. The summed E-state index contributed by atoms with van der Waals surface area (Å²) in [5.41, 5.74) is 3.11.